The van der Waals surface area contributed by atoms with Crippen LogP contribution in [0, 0.1) is 17.6 Å². The molecular weight excluding hydrogens is 274 g/mol. The highest BCUT2D eigenvalue weighted by Crippen LogP contribution is 2.27. The Balaban J connectivity index is 2.08. The van der Waals surface area contributed by atoms with Gasteiger partial charge < -0.3 is 10.6 Å². The topological polar surface area (TPSA) is 46.3 Å². The fraction of sp³-hybridized carbons (Fsp3) is 0.562. The predicted octanol–water partition coefficient (Wildman–Crippen LogP) is 2.48. The maximum atomic E-state index is 13.6. The number of carbonyl (C=O) groups excluding carboxylic acids is 1. The molecule has 0 bridgehead atoms. The first-order valence-corrected chi connectivity index (χ1v) is 7.43. The molecule has 3 nitrogen and oxygen atoms in total. The van der Waals surface area contributed by atoms with Crippen LogP contribution in [0.2, 0.25) is 0 Å². The molecule has 1 aliphatic carbocycles. The molecule has 0 heterocycles. The largest absolute Gasteiger partial charge is 0.342 e. The molecule has 0 aliphatic heterocycles. The van der Waals surface area contributed by atoms with E-state index in [1.807, 2.05) is 0 Å². The van der Waals surface area contributed by atoms with E-state index in [0.717, 1.165) is 25.7 Å². The smallest absolute Gasteiger partial charge is 0.227 e. The number of nitrogens with zero attached hydrogens (tertiary/aromatic N) is 1. The Kier molecular flexibility index (Phi) is 5.28. The van der Waals surface area contributed by atoms with Crippen LogP contribution in [0.5, 0.6) is 0 Å². The van der Waals surface area contributed by atoms with Crippen molar-refractivity contribution in [1.29, 1.82) is 0 Å². The molecule has 1 aromatic carbocycles. The molecule has 1 amide bonds. The molecule has 21 heavy (non-hydrogen) atoms. The Morgan fingerprint density at radius 2 is 1.90 bits per heavy atom. The van der Waals surface area contributed by atoms with E-state index in [0.29, 0.717) is 6.54 Å². The van der Waals surface area contributed by atoms with Crippen molar-refractivity contribution in [3.8, 4) is 0 Å². The summed E-state index contributed by atoms with van der Waals surface area (Å²) < 4.78 is 27.3. The molecule has 2 atom stereocenters. The standard InChI is InChI=1S/C16H22F2N2O/c1-20(15-8-3-2-5-11(15)10-19)16(21)9-12-13(17)6-4-7-14(12)18/h4,6-7,11,15H,2-3,5,8-10,19H2,1H3. The average molecular weight is 296 g/mol. The van der Waals surface area contributed by atoms with Crippen molar-refractivity contribution in [3.63, 3.8) is 0 Å². The van der Waals surface area contributed by atoms with Crippen molar-refractivity contribution in [2.45, 2.75) is 38.1 Å². The Bertz CT molecular complexity index is 487. The third-order valence-electron chi connectivity index (χ3n) is 4.45. The summed E-state index contributed by atoms with van der Waals surface area (Å²) in [5.74, 6) is -1.32. The van der Waals surface area contributed by atoms with Gasteiger partial charge in [0.15, 0.2) is 0 Å². The highest BCUT2D eigenvalue weighted by molar-refractivity contribution is 5.79. The van der Waals surface area contributed by atoms with Crippen molar-refractivity contribution in [1.82, 2.24) is 4.90 Å². The maximum Gasteiger partial charge on any atom is 0.227 e. The van der Waals surface area contributed by atoms with Crippen LogP contribution in [0.1, 0.15) is 31.2 Å². The molecule has 0 aromatic heterocycles. The zero-order valence-corrected chi connectivity index (χ0v) is 12.3. The van der Waals surface area contributed by atoms with Gasteiger partial charge in [0.2, 0.25) is 5.91 Å². The first-order chi connectivity index (χ1) is 10.0. The summed E-state index contributed by atoms with van der Waals surface area (Å²) in [6, 6.07) is 3.73. The maximum absolute atomic E-state index is 13.6. The van der Waals surface area contributed by atoms with Crippen LogP contribution >= 0.6 is 0 Å². The summed E-state index contributed by atoms with van der Waals surface area (Å²) in [6.45, 7) is 0.538. The molecule has 5 heteroatoms. The van der Waals surface area contributed by atoms with Gasteiger partial charge in [0.05, 0.1) is 6.42 Å². The Morgan fingerprint density at radius 1 is 1.29 bits per heavy atom. The minimum absolute atomic E-state index is 0.0751. The number of benzene rings is 1. The minimum Gasteiger partial charge on any atom is -0.342 e. The summed E-state index contributed by atoms with van der Waals surface area (Å²) >= 11 is 0. The number of halogens is 2. The summed E-state index contributed by atoms with van der Waals surface area (Å²) in [4.78, 5) is 14.0. The van der Waals surface area contributed by atoms with Gasteiger partial charge in [-0.3, -0.25) is 4.79 Å². The first kappa shape index (κ1) is 15.9. The monoisotopic (exact) mass is 296 g/mol. The second-order valence-corrected chi connectivity index (χ2v) is 5.73. The van der Waals surface area contributed by atoms with Gasteiger partial charge in [-0.1, -0.05) is 18.9 Å². The van der Waals surface area contributed by atoms with Crippen LogP contribution < -0.4 is 5.73 Å². The fourth-order valence-electron chi connectivity index (χ4n) is 3.13. The van der Waals surface area contributed by atoms with Gasteiger partial charge >= 0.3 is 0 Å². The number of carbonyl (C=O) groups is 1. The summed E-state index contributed by atoms with van der Waals surface area (Å²) in [7, 11) is 1.71. The lowest BCUT2D eigenvalue weighted by Gasteiger charge is -2.37. The molecular formula is C16H22F2N2O. The molecule has 0 spiro atoms. The zero-order valence-electron chi connectivity index (χ0n) is 12.3. The first-order valence-electron chi connectivity index (χ1n) is 7.43. The Hall–Kier alpha value is -1.49. The van der Waals surface area contributed by atoms with Gasteiger partial charge in [-0.25, -0.2) is 8.78 Å². The lowest BCUT2D eigenvalue weighted by Crippen LogP contribution is -2.46. The summed E-state index contributed by atoms with van der Waals surface area (Å²) in [6.07, 6.45) is 3.86. The predicted molar refractivity (Wildman–Crippen MR) is 77.6 cm³/mol. The molecule has 1 aromatic rings. The van der Waals surface area contributed by atoms with Crippen LogP contribution in [0.3, 0.4) is 0 Å². The van der Waals surface area contributed by atoms with Gasteiger partial charge in [0.1, 0.15) is 11.6 Å². The van der Waals surface area contributed by atoms with Crippen molar-refractivity contribution in [2.75, 3.05) is 13.6 Å². The highest BCUT2D eigenvalue weighted by Gasteiger charge is 2.30. The van der Waals surface area contributed by atoms with Crippen molar-refractivity contribution in [2.24, 2.45) is 11.7 Å². The molecule has 1 fully saturated rings. The number of amides is 1. The van der Waals surface area contributed by atoms with Crippen molar-refractivity contribution < 1.29 is 13.6 Å². The van der Waals surface area contributed by atoms with Crippen LogP contribution in [0.15, 0.2) is 18.2 Å². The van der Waals surface area contributed by atoms with E-state index < -0.39 is 11.6 Å². The lowest BCUT2D eigenvalue weighted by atomic mass is 9.83. The van der Waals surface area contributed by atoms with Gasteiger partial charge in [-0.15, -0.1) is 0 Å². The van der Waals surface area contributed by atoms with Crippen molar-refractivity contribution >= 4 is 5.91 Å². The van der Waals surface area contributed by atoms with Gasteiger partial charge in [0, 0.05) is 18.7 Å². The lowest BCUT2D eigenvalue weighted by molar-refractivity contribution is -0.133. The van der Waals surface area contributed by atoms with E-state index in [2.05, 4.69) is 0 Å². The molecule has 2 rings (SSSR count). The van der Waals surface area contributed by atoms with E-state index in [1.165, 1.54) is 18.2 Å². The molecule has 2 N–H and O–H groups in total. The molecule has 2 unspecified atom stereocenters. The number of likely N-dealkylation sites (N-methyl/N-ethyl adjacent to an activating group) is 1. The van der Waals surface area contributed by atoms with E-state index in [4.69, 9.17) is 5.73 Å². The summed E-state index contributed by atoms with van der Waals surface area (Å²) in [5, 5.41) is 0. The Morgan fingerprint density at radius 3 is 2.52 bits per heavy atom. The van der Waals surface area contributed by atoms with Crippen LogP contribution in [-0.4, -0.2) is 30.4 Å². The van der Waals surface area contributed by atoms with E-state index in [-0.39, 0.29) is 29.9 Å². The van der Waals surface area contributed by atoms with Crippen LogP contribution in [0.4, 0.5) is 8.78 Å². The highest BCUT2D eigenvalue weighted by atomic mass is 19.1. The molecule has 1 saturated carbocycles. The molecule has 0 radical (unpaired) electrons. The van der Waals surface area contributed by atoms with E-state index >= 15 is 0 Å². The zero-order chi connectivity index (χ0) is 15.4. The normalized spacial score (nSPS) is 22.1. The average Bonchev–Trinajstić information content (AvgIpc) is 2.50. The van der Waals surface area contributed by atoms with E-state index in [1.54, 1.807) is 11.9 Å². The van der Waals surface area contributed by atoms with Crippen LogP contribution in [-0.2, 0) is 11.2 Å². The van der Waals surface area contributed by atoms with Gasteiger partial charge in [-0.2, -0.15) is 0 Å². The molecule has 116 valence electrons. The molecule has 1 aliphatic rings. The van der Waals surface area contributed by atoms with Gasteiger partial charge in [-0.05, 0) is 37.4 Å². The van der Waals surface area contributed by atoms with Gasteiger partial charge in [0.25, 0.3) is 0 Å². The van der Waals surface area contributed by atoms with Crippen molar-refractivity contribution in [3.05, 3.63) is 35.4 Å². The second kappa shape index (κ2) is 6.98. The van der Waals surface area contributed by atoms with Crippen LogP contribution in [0.25, 0.3) is 0 Å². The minimum atomic E-state index is -0.671. The quantitative estimate of drug-likeness (QED) is 0.928. The SMILES string of the molecule is CN(C(=O)Cc1c(F)cccc1F)C1CCCCC1CN. The molecule has 0 saturated heterocycles. The number of rotatable bonds is 4. The number of hydrogen-bond donors (Lipinski definition) is 1. The Labute approximate surface area is 124 Å². The third-order valence-corrected chi connectivity index (χ3v) is 4.45. The third kappa shape index (κ3) is 3.59. The fourth-order valence-corrected chi connectivity index (χ4v) is 3.13. The second-order valence-electron chi connectivity index (χ2n) is 5.73. The van der Waals surface area contributed by atoms with E-state index in [9.17, 15) is 13.6 Å². The number of nitrogens with two attached hydrogens (primary N) is 1. The summed E-state index contributed by atoms with van der Waals surface area (Å²) in [5.41, 5.74) is 5.62. The number of hydrogen-bond acceptors (Lipinski definition) is 2.